The van der Waals surface area contributed by atoms with Crippen LogP contribution >= 0.6 is 0 Å². The third-order valence-electron chi connectivity index (χ3n) is 5.23. The van der Waals surface area contributed by atoms with Gasteiger partial charge in [-0.25, -0.2) is 8.42 Å². The first-order valence-corrected chi connectivity index (χ1v) is 10.7. The number of carbonyl (C=O) groups is 1. The Hall–Kier alpha value is -1.47. The summed E-state index contributed by atoms with van der Waals surface area (Å²) in [7, 11) is -3.09. The fourth-order valence-corrected chi connectivity index (χ4v) is 6.25. The molecule has 0 saturated carbocycles. The normalized spacial score (nSPS) is 28.7. The molecule has 1 N–H and O–H groups in total. The predicted octanol–water partition coefficient (Wildman–Crippen LogP) is 1.09. The smallest absolute Gasteiger partial charge is 0.223 e. The second-order valence-corrected chi connectivity index (χ2v) is 10.00. The molecule has 6 nitrogen and oxygen atoms in total. The van der Waals surface area contributed by atoms with Gasteiger partial charge in [0, 0.05) is 50.4 Å². The maximum absolute atomic E-state index is 12.7. The Bertz CT molecular complexity index is 706. The lowest BCUT2D eigenvalue weighted by Crippen LogP contribution is -2.47. The largest absolute Gasteiger partial charge is 0.352 e. The summed E-state index contributed by atoms with van der Waals surface area (Å²) in [6.45, 7) is 6.85. The van der Waals surface area contributed by atoms with E-state index in [2.05, 4.69) is 29.0 Å². The minimum atomic E-state index is -3.09. The van der Waals surface area contributed by atoms with Crippen LogP contribution in [0.25, 0.3) is 0 Å². The number of hydrogen-bond donors (Lipinski definition) is 1. The van der Waals surface area contributed by atoms with E-state index in [9.17, 15) is 13.2 Å². The summed E-state index contributed by atoms with van der Waals surface area (Å²) in [5.41, 5.74) is 0.948. The van der Waals surface area contributed by atoms with Crippen LogP contribution in [-0.4, -0.2) is 54.8 Å². The van der Waals surface area contributed by atoms with Crippen molar-refractivity contribution in [3.63, 3.8) is 0 Å². The summed E-state index contributed by atoms with van der Waals surface area (Å²) in [5, 5.41) is 2.58. The van der Waals surface area contributed by atoms with E-state index in [1.54, 1.807) is 12.4 Å². The number of nitrogens with one attached hydrogen (secondary N) is 1. The van der Waals surface area contributed by atoms with E-state index in [4.69, 9.17) is 0 Å². The monoisotopic (exact) mass is 365 g/mol. The zero-order valence-corrected chi connectivity index (χ0v) is 15.7. The molecule has 0 bridgehead atoms. The first kappa shape index (κ1) is 18.3. The van der Waals surface area contributed by atoms with E-state index in [-0.39, 0.29) is 23.5 Å². The zero-order chi connectivity index (χ0) is 18.0. The Labute approximate surface area is 149 Å². The number of aromatic nitrogens is 1. The van der Waals surface area contributed by atoms with E-state index < -0.39 is 15.1 Å². The molecule has 0 aromatic carbocycles. The van der Waals surface area contributed by atoms with Gasteiger partial charge < -0.3 is 10.2 Å². The quantitative estimate of drug-likeness (QED) is 0.845. The van der Waals surface area contributed by atoms with Crippen molar-refractivity contribution >= 4 is 15.7 Å². The van der Waals surface area contributed by atoms with E-state index >= 15 is 0 Å². The van der Waals surface area contributed by atoms with Gasteiger partial charge in [0.25, 0.3) is 0 Å². The highest BCUT2D eigenvalue weighted by Crippen LogP contribution is 2.37. The van der Waals surface area contributed by atoms with Gasteiger partial charge in [0.15, 0.2) is 9.84 Å². The average Bonchev–Trinajstić information content (AvgIpc) is 2.98. The Morgan fingerprint density at radius 2 is 2.20 bits per heavy atom. The van der Waals surface area contributed by atoms with Gasteiger partial charge in [-0.05, 0) is 24.0 Å². The third-order valence-corrected chi connectivity index (χ3v) is 7.45. The zero-order valence-electron chi connectivity index (χ0n) is 14.9. The molecule has 7 heteroatoms. The summed E-state index contributed by atoms with van der Waals surface area (Å²) < 4.78 is 25.0. The fourth-order valence-electron chi connectivity index (χ4n) is 4.12. The van der Waals surface area contributed by atoms with Crippen LogP contribution in [0.4, 0.5) is 0 Å². The van der Waals surface area contributed by atoms with Crippen molar-refractivity contribution in [2.24, 2.45) is 17.8 Å². The molecule has 2 aliphatic rings. The SMILES string of the molecule is CC(C)CN1C[C@H]2[C@@H](C(=O)NCc3cccnc3)CCS(=O)(=O)[C@H]2C1. The number of hydrogen-bond acceptors (Lipinski definition) is 5. The van der Waals surface area contributed by atoms with Crippen LogP contribution in [0, 0.1) is 17.8 Å². The Balaban J connectivity index is 1.68. The van der Waals surface area contributed by atoms with E-state index in [1.165, 1.54) is 0 Å². The van der Waals surface area contributed by atoms with E-state index in [0.717, 1.165) is 12.1 Å². The molecule has 3 atom stereocenters. The highest BCUT2D eigenvalue weighted by atomic mass is 32.2. The van der Waals surface area contributed by atoms with Crippen LogP contribution in [0.5, 0.6) is 0 Å². The second kappa shape index (κ2) is 7.41. The molecule has 1 aromatic heterocycles. The lowest BCUT2D eigenvalue weighted by molar-refractivity contribution is -0.126. The molecule has 3 heterocycles. The first-order valence-electron chi connectivity index (χ1n) is 8.97. The van der Waals surface area contributed by atoms with Crippen LogP contribution in [0.3, 0.4) is 0 Å². The van der Waals surface area contributed by atoms with Crippen molar-refractivity contribution < 1.29 is 13.2 Å². The summed E-state index contributed by atoms with van der Waals surface area (Å²) in [4.78, 5) is 19.0. The number of sulfone groups is 1. The highest BCUT2D eigenvalue weighted by Gasteiger charge is 2.50. The van der Waals surface area contributed by atoms with Crippen LogP contribution in [0.2, 0.25) is 0 Å². The molecule has 1 aromatic rings. The molecule has 0 radical (unpaired) electrons. The minimum absolute atomic E-state index is 0.0276. The predicted molar refractivity (Wildman–Crippen MR) is 96.5 cm³/mol. The van der Waals surface area contributed by atoms with Crippen molar-refractivity contribution in [1.82, 2.24) is 15.2 Å². The molecule has 0 aliphatic carbocycles. The maximum atomic E-state index is 12.7. The lowest BCUT2D eigenvalue weighted by atomic mass is 9.87. The number of amides is 1. The molecule has 2 fully saturated rings. The summed E-state index contributed by atoms with van der Waals surface area (Å²) in [5.74, 6) is 0.268. The molecule has 2 aliphatic heterocycles. The molecular formula is C18H27N3O3S. The molecule has 0 unspecified atom stereocenters. The summed E-state index contributed by atoms with van der Waals surface area (Å²) in [6, 6.07) is 3.76. The van der Waals surface area contributed by atoms with Crippen LogP contribution in [0.15, 0.2) is 24.5 Å². The Morgan fingerprint density at radius 3 is 2.88 bits per heavy atom. The highest BCUT2D eigenvalue weighted by molar-refractivity contribution is 7.92. The number of likely N-dealkylation sites (tertiary alicyclic amines) is 1. The van der Waals surface area contributed by atoms with Crippen LogP contribution in [0.1, 0.15) is 25.8 Å². The van der Waals surface area contributed by atoms with Crippen molar-refractivity contribution in [1.29, 1.82) is 0 Å². The summed E-state index contributed by atoms with van der Waals surface area (Å²) >= 11 is 0. The van der Waals surface area contributed by atoms with E-state index in [1.807, 2.05) is 12.1 Å². The maximum Gasteiger partial charge on any atom is 0.223 e. The first-order chi connectivity index (χ1) is 11.9. The topological polar surface area (TPSA) is 79.4 Å². The van der Waals surface area contributed by atoms with Gasteiger partial charge in [-0.2, -0.15) is 0 Å². The Morgan fingerprint density at radius 1 is 1.40 bits per heavy atom. The van der Waals surface area contributed by atoms with Gasteiger partial charge in [0.1, 0.15) is 0 Å². The van der Waals surface area contributed by atoms with Gasteiger partial charge in [0.2, 0.25) is 5.91 Å². The molecule has 1 amide bonds. The van der Waals surface area contributed by atoms with Gasteiger partial charge in [-0.15, -0.1) is 0 Å². The minimum Gasteiger partial charge on any atom is -0.352 e. The summed E-state index contributed by atoms with van der Waals surface area (Å²) in [6.07, 6.45) is 3.86. The fraction of sp³-hybridized carbons (Fsp3) is 0.667. The molecule has 25 heavy (non-hydrogen) atoms. The van der Waals surface area contributed by atoms with Crippen LogP contribution < -0.4 is 5.32 Å². The third kappa shape index (κ3) is 4.20. The van der Waals surface area contributed by atoms with Crippen molar-refractivity contribution in [3.05, 3.63) is 30.1 Å². The van der Waals surface area contributed by atoms with Gasteiger partial charge in [-0.1, -0.05) is 19.9 Å². The number of rotatable bonds is 5. The number of nitrogens with zero attached hydrogens (tertiary/aromatic N) is 2. The molecular weight excluding hydrogens is 338 g/mol. The molecule has 0 spiro atoms. The molecule has 2 saturated heterocycles. The van der Waals surface area contributed by atoms with E-state index in [0.29, 0.717) is 32.0 Å². The van der Waals surface area contributed by atoms with Gasteiger partial charge in [0.05, 0.1) is 11.0 Å². The van der Waals surface area contributed by atoms with Gasteiger partial charge >= 0.3 is 0 Å². The molecule has 138 valence electrons. The average molecular weight is 365 g/mol. The lowest BCUT2D eigenvalue weighted by Gasteiger charge is -2.31. The molecule has 3 rings (SSSR count). The van der Waals surface area contributed by atoms with Crippen molar-refractivity contribution in [2.75, 3.05) is 25.4 Å². The van der Waals surface area contributed by atoms with Gasteiger partial charge in [-0.3, -0.25) is 9.78 Å². The number of carbonyl (C=O) groups excluding carboxylic acids is 1. The number of pyridine rings is 1. The Kier molecular flexibility index (Phi) is 5.43. The van der Waals surface area contributed by atoms with Crippen molar-refractivity contribution in [2.45, 2.75) is 32.1 Å². The standard InChI is InChI=1S/C18H27N3O3S/c1-13(2)10-21-11-16-15(5-7-25(23,24)17(16)12-21)18(22)20-9-14-4-3-6-19-8-14/h3-4,6,8,13,15-17H,5,7,9-12H2,1-2H3,(H,20,22)/t15-,16-,17-/m0/s1. The van der Waals surface area contributed by atoms with Crippen molar-refractivity contribution in [3.8, 4) is 0 Å². The number of fused-ring (bicyclic) bond motifs is 1. The van der Waals surface area contributed by atoms with Crippen LogP contribution in [-0.2, 0) is 21.2 Å². The second-order valence-electron chi connectivity index (χ2n) is 7.66.